The molecule has 1 aromatic carbocycles. The third kappa shape index (κ3) is 2.42. The smallest absolute Gasteiger partial charge is 0.150 e. The molecule has 0 saturated carbocycles. The number of pyridine rings is 1. The predicted octanol–water partition coefficient (Wildman–Crippen LogP) is 2.94. The largest absolute Gasteiger partial charge is 0.385 e. The zero-order chi connectivity index (χ0) is 15.9. The van der Waals surface area contributed by atoms with Crippen molar-refractivity contribution in [2.24, 2.45) is 0 Å². The summed E-state index contributed by atoms with van der Waals surface area (Å²) in [7, 11) is 0. The van der Waals surface area contributed by atoms with Gasteiger partial charge in [0.2, 0.25) is 0 Å². The molecular weight excluding hydrogens is 293 g/mol. The number of nitrogens with one attached hydrogen (secondary N) is 2. The summed E-state index contributed by atoms with van der Waals surface area (Å²) >= 11 is 0. The van der Waals surface area contributed by atoms with Crippen LogP contribution in [0.5, 0.6) is 0 Å². The first-order valence-electron chi connectivity index (χ1n) is 7.83. The quantitative estimate of drug-likeness (QED) is 0.682. The van der Waals surface area contributed by atoms with Gasteiger partial charge in [-0.15, -0.1) is 0 Å². The van der Waals surface area contributed by atoms with Crippen LogP contribution < -0.4 is 5.32 Å². The maximum absolute atomic E-state index is 14.0. The Morgan fingerprint density at radius 2 is 1.83 bits per heavy atom. The van der Waals surface area contributed by atoms with Gasteiger partial charge in [0.05, 0.1) is 11.0 Å². The molecule has 1 fully saturated rings. The number of hydrogen-bond acceptors (Lipinski definition) is 3. The van der Waals surface area contributed by atoms with Gasteiger partial charge in [-0.2, -0.15) is 0 Å². The van der Waals surface area contributed by atoms with E-state index < -0.39 is 5.60 Å². The lowest BCUT2D eigenvalue weighted by atomic mass is 9.84. The molecule has 0 radical (unpaired) electrons. The van der Waals surface area contributed by atoms with Crippen molar-refractivity contribution >= 4 is 11.0 Å². The number of aromatic amines is 1. The molecule has 118 valence electrons. The zero-order valence-electron chi connectivity index (χ0n) is 12.6. The fourth-order valence-corrected chi connectivity index (χ4v) is 3.35. The predicted molar refractivity (Wildman–Crippen MR) is 87.5 cm³/mol. The number of aliphatic hydroxyl groups is 1. The highest BCUT2D eigenvalue weighted by Gasteiger charge is 2.30. The van der Waals surface area contributed by atoms with Gasteiger partial charge in [-0.3, -0.25) is 0 Å². The van der Waals surface area contributed by atoms with Gasteiger partial charge in [-0.25, -0.2) is 9.37 Å². The minimum atomic E-state index is -0.767. The van der Waals surface area contributed by atoms with Crippen LogP contribution in [-0.2, 0) is 5.60 Å². The first kappa shape index (κ1) is 14.4. The first-order valence-corrected chi connectivity index (χ1v) is 7.83. The second-order valence-corrected chi connectivity index (χ2v) is 6.08. The highest BCUT2D eigenvalue weighted by atomic mass is 19.1. The molecule has 23 heavy (non-hydrogen) atoms. The Morgan fingerprint density at radius 3 is 2.57 bits per heavy atom. The summed E-state index contributed by atoms with van der Waals surface area (Å²) in [6.45, 7) is 1.63. The lowest BCUT2D eigenvalue weighted by Gasteiger charge is -2.33. The Bertz CT molecular complexity index is 835. The van der Waals surface area contributed by atoms with Gasteiger partial charge >= 0.3 is 0 Å². The fourth-order valence-electron chi connectivity index (χ4n) is 3.35. The Labute approximate surface area is 133 Å². The maximum atomic E-state index is 14.0. The third-order valence-corrected chi connectivity index (χ3v) is 4.69. The number of halogens is 1. The van der Waals surface area contributed by atoms with E-state index >= 15 is 0 Å². The summed E-state index contributed by atoms with van der Waals surface area (Å²) in [6, 6.07) is 9.58. The molecular formula is C18H18FN3O. The molecule has 3 heterocycles. The molecule has 0 aliphatic carbocycles. The van der Waals surface area contributed by atoms with Gasteiger partial charge in [0.1, 0.15) is 5.65 Å². The van der Waals surface area contributed by atoms with Crippen LogP contribution in [0.1, 0.15) is 18.4 Å². The van der Waals surface area contributed by atoms with Gasteiger partial charge in [0.15, 0.2) is 5.82 Å². The van der Waals surface area contributed by atoms with E-state index in [-0.39, 0.29) is 5.82 Å². The van der Waals surface area contributed by atoms with E-state index in [9.17, 15) is 9.50 Å². The van der Waals surface area contributed by atoms with Gasteiger partial charge in [0, 0.05) is 12.4 Å². The van der Waals surface area contributed by atoms with Crippen LogP contribution in [0.4, 0.5) is 4.39 Å². The fraction of sp³-hybridized carbons (Fsp3) is 0.278. The average Bonchev–Trinajstić information content (AvgIpc) is 2.97. The van der Waals surface area contributed by atoms with E-state index in [2.05, 4.69) is 15.3 Å². The molecule has 1 saturated heterocycles. The van der Waals surface area contributed by atoms with E-state index in [0.717, 1.165) is 29.8 Å². The molecule has 4 rings (SSSR count). The minimum absolute atomic E-state index is 0.302. The van der Waals surface area contributed by atoms with Crippen LogP contribution in [0.3, 0.4) is 0 Å². The van der Waals surface area contributed by atoms with Crippen molar-refractivity contribution in [3.8, 4) is 11.1 Å². The zero-order valence-corrected chi connectivity index (χ0v) is 12.6. The summed E-state index contributed by atoms with van der Waals surface area (Å²) in [5.74, 6) is -0.302. The standard InChI is InChI=1S/C18H18FN3O/c19-15-11-22-17-16(15)14(5-8-21-17)12-1-3-13(4-2-12)18(23)6-9-20-10-7-18/h1-5,8,11,20,23H,6-7,9-10H2,(H,21,22). The SMILES string of the molecule is OC1(c2ccc(-c3ccnc4[nH]cc(F)c34)cc2)CCNCC1. The van der Waals surface area contributed by atoms with Crippen LogP contribution in [0.2, 0.25) is 0 Å². The number of benzene rings is 1. The van der Waals surface area contributed by atoms with E-state index in [4.69, 9.17) is 0 Å². The highest BCUT2D eigenvalue weighted by molar-refractivity contribution is 5.93. The van der Waals surface area contributed by atoms with Crippen molar-refractivity contribution in [1.82, 2.24) is 15.3 Å². The monoisotopic (exact) mass is 311 g/mol. The number of nitrogens with zero attached hydrogens (tertiary/aromatic N) is 1. The molecule has 4 nitrogen and oxygen atoms in total. The minimum Gasteiger partial charge on any atom is -0.385 e. The van der Waals surface area contributed by atoms with Gasteiger partial charge in [-0.05, 0) is 48.7 Å². The summed E-state index contributed by atoms with van der Waals surface area (Å²) in [5.41, 5.74) is 2.41. The van der Waals surface area contributed by atoms with Crippen molar-refractivity contribution in [3.63, 3.8) is 0 Å². The van der Waals surface area contributed by atoms with Crippen LogP contribution in [-0.4, -0.2) is 28.2 Å². The molecule has 1 aliphatic rings. The molecule has 0 unspecified atom stereocenters. The molecule has 2 aromatic heterocycles. The molecule has 3 N–H and O–H groups in total. The second kappa shape index (κ2) is 5.44. The average molecular weight is 311 g/mol. The summed E-state index contributed by atoms with van der Waals surface area (Å²) in [5, 5.41) is 14.5. The maximum Gasteiger partial charge on any atom is 0.150 e. The number of aromatic nitrogens is 2. The van der Waals surface area contributed by atoms with E-state index in [1.807, 2.05) is 30.3 Å². The van der Waals surface area contributed by atoms with Crippen LogP contribution in [0, 0.1) is 5.82 Å². The summed E-state index contributed by atoms with van der Waals surface area (Å²) < 4.78 is 14.0. The van der Waals surface area contributed by atoms with Gasteiger partial charge < -0.3 is 15.4 Å². The van der Waals surface area contributed by atoms with E-state index in [1.54, 1.807) is 6.20 Å². The number of fused-ring (bicyclic) bond motifs is 1. The molecule has 0 atom stereocenters. The lowest BCUT2D eigenvalue weighted by molar-refractivity contribution is 0.00595. The van der Waals surface area contributed by atoms with Crippen molar-refractivity contribution < 1.29 is 9.50 Å². The van der Waals surface area contributed by atoms with Crippen molar-refractivity contribution in [2.45, 2.75) is 18.4 Å². The van der Waals surface area contributed by atoms with Crippen LogP contribution >= 0.6 is 0 Å². The van der Waals surface area contributed by atoms with Crippen LogP contribution in [0.15, 0.2) is 42.7 Å². The molecule has 3 aromatic rings. The second-order valence-electron chi connectivity index (χ2n) is 6.08. The van der Waals surface area contributed by atoms with Crippen LogP contribution in [0.25, 0.3) is 22.2 Å². The topological polar surface area (TPSA) is 60.9 Å². The molecule has 0 amide bonds. The first-order chi connectivity index (χ1) is 11.2. The third-order valence-electron chi connectivity index (χ3n) is 4.69. The van der Waals surface area contributed by atoms with Gasteiger partial charge in [0.25, 0.3) is 0 Å². The number of hydrogen-bond donors (Lipinski definition) is 3. The Kier molecular flexibility index (Phi) is 3.39. The molecule has 0 bridgehead atoms. The van der Waals surface area contributed by atoms with E-state index in [1.165, 1.54) is 6.20 Å². The Balaban J connectivity index is 1.74. The number of piperidine rings is 1. The van der Waals surface area contributed by atoms with E-state index in [0.29, 0.717) is 23.9 Å². The molecule has 1 aliphatic heterocycles. The highest BCUT2D eigenvalue weighted by Crippen LogP contribution is 2.34. The van der Waals surface area contributed by atoms with Crippen molar-refractivity contribution in [3.05, 3.63) is 54.1 Å². The Hall–Kier alpha value is -2.24. The molecule has 0 spiro atoms. The number of H-pyrrole nitrogens is 1. The number of rotatable bonds is 2. The van der Waals surface area contributed by atoms with Crippen molar-refractivity contribution in [2.75, 3.05) is 13.1 Å². The van der Waals surface area contributed by atoms with Crippen molar-refractivity contribution in [1.29, 1.82) is 0 Å². The molecule has 5 heteroatoms. The van der Waals surface area contributed by atoms with Gasteiger partial charge in [-0.1, -0.05) is 24.3 Å². The summed E-state index contributed by atoms with van der Waals surface area (Å²) in [6.07, 6.45) is 4.41. The normalized spacial score (nSPS) is 17.5. The summed E-state index contributed by atoms with van der Waals surface area (Å²) in [4.78, 5) is 6.98. The lowest BCUT2D eigenvalue weighted by Crippen LogP contribution is -2.39. The Morgan fingerprint density at radius 1 is 1.09 bits per heavy atom.